The summed E-state index contributed by atoms with van der Waals surface area (Å²) in [6, 6.07) is 7.03. The molecule has 0 radical (unpaired) electrons. The molecule has 0 atom stereocenters. The van der Waals surface area contributed by atoms with Gasteiger partial charge >= 0.3 is 0 Å². The SMILES string of the molecule is CN(CCS(=O)(=O)c1ccc(C(N)=S)cc1)C1CCCC1. The monoisotopic (exact) mass is 326 g/mol. The molecule has 21 heavy (non-hydrogen) atoms. The van der Waals surface area contributed by atoms with Crippen LogP contribution in [0.3, 0.4) is 0 Å². The topological polar surface area (TPSA) is 63.4 Å². The Morgan fingerprint density at radius 1 is 1.29 bits per heavy atom. The summed E-state index contributed by atoms with van der Waals surface area (Å²) >= 11 is 4.87. The first-order chi connectivity index (χ1) is 9.90. The highest BCUT2D eigenvalue weighted by Gasteiger charge is 2.22. The molecule has 0 aromatic heterocycles. The lowest BCUT2D eigenvalue weighted by molar-refractivity contribution is 0.259. The maximum absolute atomic E-state index is 12.3. The third-order valence-electron chi connectivity index (χ3n) is 4.16. The first-order valence-corrected chi connectivity index (χ1v) is 9.29. The number of nitrogens with zero attached hydrogens (tertiary/aromatic N) is 1. The van der Waals surface area contributed by atoms with Gasteiger partial charge in [-0.05, 0) is 32.0 Å². The Hall–Kier alpha value is -0.980. The van der Waals surface area contributed by atoms with E-state index in [0.717, 1.165) is 0 Å². The van der Waals surface area contributed by atoms with Crippen LogP contribution in [0.25, 0.3) is 0 Å². The standard InChI is InChI=1S/C15H22N2O2S2/c1-17(13-4-2-3-5-13)10-11-21(18,19)14-8-6-12(7-9-14)15(16)20/h6-9,13H,2-5,10-11H2,1H3,(H2,16,20). The average molecular weight is 326 g/mol. The number of hydrogen-bond donors (Lipinski definition) is 1. The van der Waals surface area contributed by atoms with E-state index in [0.29, 0.717) is 23.0 Å². The van der Waals surface area contributed by atoms with Crippen molar-refractivity contribution in [3.05, 3.63) is 29.8 Å². The molecule has 2 rings (SSSR count). The van der Waals surface area contributed by atoms with Crippen LogP contribution in [0.5, 0.6) is 0 Å². The Bertz CT molecular complexity index is 591. The number of thiocarbonyl (C=S) groups is 1. The van der Waals surface area contributed by atoms with Gasteiger partial charge in [0.25, 0.3) is 0 Å². The molecule has 1 aliphatic rings. The van der Waals surface area contributed by atoms with E-state index < -0.39 is 9.84 Å². The Morgan fingerprint density at radius 3 is 2.38 bits per heavy atom. The number of benzene rings is 1. The van der Waals surface area contributed by atoms with Crippen molar-refractivity contribution in [3.63, 3.8) is 0 Å². The fraction of sp³-hybridized carbons (Fsp3) is 0.533. The number of rotatable bonds is 6. The van der Waals surface area contributed by atoms with Crippen molar-refractivity contribution in [2.75, 3.05) is 19.3 Å². The molecule has 1 aromatic rings. The molecule has 1 saturated carbocycles. The van der Waals surface area contributed by atoms with Crippen LogP contribution < -0.4 is 5.73 Å². The highest BCUT2D eigenvalue weighted by molar-refractivity contribution is 7.91. The van der Waals surface area contributed by atoms with Crippen molar-refractivity contribution in [2.24, 2.45) is 5.73 Å². The summed E-state index contributed by atoms with van der Waals surface area (Å²) in [6.45, 7) is 0.573. The second-order valence-electron chi connectivity index (χ2n) is 5.63. The predicted molar refractivity (Wildman–Crippen MR) is 89.3 cm³/mol. The molecule has 0 unspecified atom stereocenters. The van der Waals surface area contributed by atoms with E-state index >= 15 is 0 Å². The van der Waals surface area contributed by atoms with Crippen molar-refractivity contribution in [2.45, 2.75) is 36.6 Å². The van der Waals surface area contributed by atoms with Gasteiger partial charge in [0.15, 0.2) is 9.84 Å². The van der Waals surface area contributed by atoms with Crippen molar-refractivity contribution >= 4 is 27.0 Å². The quantitative estimate of drug-likeness (QED) is 0.810. The van der Waals surface area contributed by atoms with Gasteiger partial charge in [-0.15, -0.1) is 0 Å². The Balaban J connectivity index is 1.99. The normalized spacial score (nSPS) is 16.5. The van der Waals surface area contributed by atoms with Crippen LogP contribution in [0, 0.1) is 0 Å². The minimum Gasteiger partial charge on any atom is -0.389 e. The van der Waals surface area contributed by atoms with Gasteiger partial charge in [0.1, 0.15) is 4.99 Å². The summed E-state index contributed by atoms with van der Waals surface area (Å²) in [5.74, 6) is 0.145. The lowest BCUT2D eigenvalue weighted by Crippen LogP contribution is -2.33. The molecule has 0 heterocycles. The lowest BCUT2D eigenvalue weighted by atomic mass is 10.2. The molecule has 6 heteroatoms. The van der Waals surface area contributed by atoms with E-state index in [1.807, 2.05) is 7.05 Å². The fourth-order valence-electron chi connectivity index (χ4n) is 2.74. The largest absolute Gasteiger partial charge is 0.389 e. The second kappa shape index (κ2) is 6.85. The maximum atomic E-state index is 12.3. The Kier molecular flexibility index (Phi) is 5.35. The van der Waals surface area contributed by atoms with Crippen LogP contribution in [0.2, 0.25) is 0 Å². The van der Waals surface area contributed by atoms with E-state index in [2.05, 4.69) is 4.90 Å². The predicted octanol–water partition coefficient (Wildman–Crippen LogP) is 1.97. The highest BCUT2D eigenvalue weighted by Crippen LogP contribution is 2.22. The van der Waals surface area contributed by atoms with Gasteiger partial charge in [-0.3, -0.25) is 0 Å². The summed E-state index contributed by atoms with van der Waals surface area (Å²) in [6.07, 6.45) is 4.86. The molecule has 0 aliphatic heterocycles. The second-order valence-corrected chi connectivity index (χ2v) is 8.18. The van der Waals surface area contributed by atoms with Gasteiger partial charge in [-0.25, -0.2) is 8.42 Å². The summed E-state index contributed by atoms with van der Waals surface area (Å²) < 4.78 is 24.7. The third-order valence-corrected chi connectivity index (χ3v) is 6.10. The van der Waals surface area contributed by atoms with Crippen LogP contribution in [0.1, 0.15) is 31.2 Å². The van der Waals surface area contributed by atoms with E-state index in [-0.39, 0.29) is 10.7 Å². The molecule has 0 amide bonds. The minimum atomic E-state index is -3.25. The third kappa shape index (κ3) is 4.25. The molecule has 1 aliphatic carbocycles. The van der Waals surface area contributed by atoms with Crippen LogP contribution in [0.15, 0.2) is 29.2 Å². The van der Waals surface area contributed by atoms with Crippen molar-refractivity contribution < 1.29 is 8.42 Å². The summed E-state index contributed by atoms with van der Waals surface area (Å²) in [5, 5.41) is 0. The minimum absolute atomic E-state index is 0.145. The van der Waals surface area contributed by atoms with Gasteiger partial charge in [0, 0.05) is 18.2 Å². The van der Waals surface area contributed by atoms with Gasteiger partial charge in [-0.2, -0.15) is 0 Å². The first-order valence-electron chi connectivity index (χ1n) is 7.23. The number of sulfone groups is 1. The van der Waals surface area contributed by atoms with E-state index in [1.165, 1.54) is 25.7 Å². The maximum Gasteiger partial charge on any atom is 0.179 e. The average Bonchev–Trinajstić information content (AvgIpc) is 2.99. The fourth-order valence-corrected chi connectivity index (χ4v) is 4.19. The molecule has 0 saturated heterocycles. The first kappa shape index (κ1) is 16.4. The highest BCUT2D eigenvalue weighted by atomic mass is 32.2. The van der Waals surface area contributed by atoms with E-state index in [1.54, 1.807) is 24.3 Å². The molecule has 2 N–H and O–H groups in total. The zero-order valence-electron chi connectivity index (χ0n) is 12.3. The Labute approximate surface area is 132 Å². The molecule has 116 valence electrons. The summed E-state index contributed by atoms with van der Waals surface area (Å²) in [4.78, 5) is 2.79. The van der Waals surface area contributed by atoms with Crippen LogP contribution >= 0.6 is 12.2 Å². The summed E-state index contributed by atoms with van der Waals surface area (Å²) in [7, 11) is -1.24. The van der Waals surface area contributed by atoms with Crippen LogP contribution in [-0.2, 0) is 9.84 Å². The lowest BCUT2D eigenvalue weighted by Gasteiger charge is -2.23. The summed E-state index contributed by atoms with van der Waals surface area (Å²) in [5.41, 5.74) is 6.20. The van der Waals surface area contributed by atoms with Crippen molar-refractivity contribution in [1.82, 2.24) is 4.90 Å². The molecular formula is C15H22N2O2S2. The molecule has 4 nitrogen and oxygen atoms in total. The molecule has 0 bridgehead atoms. The zero-order valence-corrected chi connectivity index (χ0v) is 13.9. The number of nitrogens with two attached hydrogens (primary N) is 1. The van der Waals surface area contributed by atoms with E-state index in [9.17, 15) is 8.42 Å². The molecular weight excluding hydrogens is 304 g/mol. The molecule has 1 fully saturated rings. The molecule has 0 spiro atoms. The van der Waals surface area contributed by atoms with Crippen LogP contribution in [0.4, 0.5) is 0 Å². The van der Waals surface area contributed by atoms with Gasteiger partial charge in [-0.1, -0.05) is 37.2 Å². The zero-order chi connectivity index (χ0) is 15.5. The Morgan fingerprint density at radius 2 is 1.86 bits per heavy atom. The molecule has 1 aromatic carbocycles. The smallest absolute Gasteiger partial charge is 0.179 e. The number of hydrogen-bond acceptors (Lipinski definition) is 4. The van der Waals surface area contributed by atoms with Crippen molar-refractivity contribution in [1.29, 1.82) is 0 Å². The van der Waals surface area contributed by atoms with E-state index in [4.69, 9.17) is 18.0 Å². The van der Waals surface area contributed by atoms with Crippen molar-refractivity contribution in [3.8, 4) is 0 Å². The van der Waals surface area contributed by atoms with Gasteiger partial charge in [0.05, 0.1) is 10.6 Å². The van der Waals surface area contributed by atoms with Gasteiger partial charge in [0.2, 0.25) is 0 Å². The van der Waals surface area contributed by atoms with Gasteiger partial charge < -0.3 is 10.6 Å². The van der Waals surface area contributed by atoms with Crippen LogP contribution in [-0.4, -0.2) is 43.7 Å².